The molecule has 1 aliphatic heterocycles. The monoisotopic (exact) mass is 307 g/mol. The lowest BCUT2D eigenvalue weighted by Gasteiger charge is -2.23. The first-order valence-corrected chi connectivity index (χ1v) is 7.67. The minimum Gasteiger partial charge on any atom is -0.399 e. The standard InChI is InChI=1S/C14H17N3O3S/c15-10-3-5-11(6-4-10)16-12(18)2-1-8-17-13(19)7-9-21-14(17)20/h3-6H,1-2,7-9,15H2,(H,16,18). The number of benzene rings is 1. The van der Waals surface area contributed by atoms with Crippen molar-refractivity contribution in [2.45, 2.75) is 19.3 Å². The van der Waals surface area contributed by atoms with Gasteiger partial charge >= 0.3 is 0 Å². The van der Waals surface area contributed by atoms with Crippen LogP contribution in [-0.4, -0.2) is 34.3 Å². The quantitative estimate of drug-likeness (QED) is 0.812. The Kier molecular flexibility index (Phi) is 5.21. The molecule has 0 bridgehead atoms. The van der Waals surface area contributed by atoms with Crippen molar-refractivity contribution < 1.29 is 14.4 Å². The molecule has 2 rings (SSSR count). The maximum Gasteiger partial charge on any atom is 0.288 e. The van der Waals surface area contributed by atoms with Crippen LogP contribution in [0.1, 0.15) is 19.3 Å². The Bertz CT molecular complexity index is 529. The molecule has 1 heterocycles. The fraction of sp³-hybridized carbons (Fsp3) is 0.357. The van der Waals surface area contributed by atoms with Crippen LogP contribution in [0.2, 0.25) is 0 Å². The van der Waals surface area contributed by atoms with Gasteiger partial charge in [-0.2, -0.15) is 0 Å². The molecule has 6 nitrogen and oxygen atoms in total. The van der Waals surface area contributed by atoms with E-state index in [0.717, 1.165) is 11.8 Å². The molecule has 3 N–H and O–H groups in total. The number of nitrogens with zero attached hydrogens (tertiary/aromatic N) is 1. The van der Waals surface area contributed by atoms with Gasteiger partial charge in [0, 0.05) is 36.5 Å². The second-order valence-corrected chi connectivity index (χ2v) is 5.73. The first kappa shape index (κ1) is 15.4. The highest BCUT2D eigenvalue weighted by atomic mass is 32.2. The van der Waals surface area contributed by atoms with Crippen molar-refractivity contribution in [2.24, 2.45) is 0 Å². The van der Waals surface area contributed by atoms with Crippen molar-refractivity contribution >= 4 is 40.2 Å². The number of hydrogen-bond donors (Lipinski definition) is 2. The molecule has 1 fully saturated rings. The number of carbonyl (C=O) groups is 3. The molecule has 21 heavy (non-hydrogen) atoms. The first-order valence-electron chi connectivity index (χ1n) is 6.69. The summed E-state index contributed by atoms with van der Waals surface area (Å²) in [7, 11) is 0. The van der Waals surface area contributed by atoms with E-state index >= 15 is 0 Å². The number of rotatable bonds is 5. The van der Waals surface area contributed by atoms with Crippen molar-refractivity contribution in [2.75, 3.05) is 23.3 Å². The molecule has 0 spiro atoms. The van der Waals surface area contributed by atoms with E-state index < -0.39 is 0 Å². The summed E-state index contributed by atoms with van der Waals surface area (Å²) in [5.74, 6) is 0.244. The van der Waals surface area contributed by atoms with E-state index in [1.807, 2.05) is 0 Å². The van der Waals surface area contributed by atoms with Gasteiger partial charge in [-0.15, -0.1) is 0 Å². The Morgan fingerprint density at radius 3 is 2.67 bits per heavy atom. The molecule has 112 valence electrons. The maximum absolute atomic E-state index is 11.8. The van der Waals surface area contributed by atoms with Crippen LogP contribution in [0.15, 0.2) is 24.3 Å². The third kappa shape index (κ3) is 4.49. The second kappa shape index (κ2) is 7.12. The molecular formula is C14H17N3O3S. The molecule has 1 aromatic rings. The normalized spacial score (nSPS) is 15.1. The van der Waals surface area contributed by atoms with Gasteiger partial charge in [-0.1, -0.05) is 11.8 Å². The van der Waals surface area contributed by atoms with E-state index in [9.17, 15) is 14.4 Å². The topological polar surface area (TPSA) is 92.5 Å². The van der Waals surface area contributed by atoms with E-state index in [4.69, 9.17) is 5.73 Å². The summed E-state index contributed by atoms with van der Waals surface area (Å²) in [6.07, 6.45) is 1.10. The van der Waals surface area contributed by atoms with Gasteiger partial charge in [0.05, 0.1) is 0 Å². The van der Waals surface area contributed by atoms with Gasteiger partial charge in [-0.3, -0.25) is 19.3 Å². The largest absolute Gasteiger partial charge is 0.399 e. The van der Waals surface area contributed by atoms with Crippen LogP contribution in [-0.2, 0) is 9.59 Å². The molecule has 1 saturated heterocycles. The lowest BCUT2D eigenvalue weighted by atomic mass is 10.2. The fourth-order valence-electron chi connectivity index (χ4n) is 1.94. The molecule has 7 heteroatoms. The van der Waals surface area contributed by atoms with Crippen molar-refractivity contribution in [3.8, 4) is 0 Å². The van der Waals surface area contributed by atoms with Gasteiger partial charge in [-0.05, 0) is 30.7 Å². The highest BCUT2D eigenvalue weighted by Gasteiger charge is 2.26. The SMILES string of the molecule is Nc1ccc(NC(=O)CCCN2C(=O)CCSC2=O)cc1. The number of nitrogens with one attached hydrogen (secondary N) is 1. The predicted octanol–water partition coefficient (Wildman–Crippen LogP) is 2.07. The zero-order valence-electron chi connectivity index (χ0n) is 11.5. The highest BCUT2D eigenvalue weighted by molar-refractivity contribution is 8.13. The number of nitrogens with two attached hydrogens (primary N) is 1. The van der Waals surface area contributed by atoms with E-state index in [1.165, 1.54) is 4.90 Å². The van der Waals surface area contributed by atoms with Crippen molar-refractivity contribution in [3.05, 3.63) is 24.3 Å². The van der Waals surface area contributed by atoms with Crippen LogP contribution in [0, 0.1) is 0 Å². The summed E-state index contributed by atoms with van der Waals surface area (Å²) in [5.41, 5.74) is 6.87. The zero-order chi connectivity index (χ0) is 15.2. The van der Waals surface area contributed by atoms with Gasteiger partial charge in [0.25, 0.3) is 5.24 Å². The molecule has 0 aliphatic carbocycles. The summed E-state index contributed by atoms with van der Waals surface area (Å²) in [5, 5.41) is 2.52. The van der Waals surface area contributed by atoms with E-state index in [-0.39, 0.29) is 23.5 Å². The number of nitrogen functional groups attached to an aromatic ring is 1. The number of amides is 3. The van der Waals surface area contributed by atoms with E-state index in [1.54, 1.807) is 24.3 Å². The smallest absolute Gasteiger partial charge is 0.288 e. The Hall–Kier alpha value is -2.02. The second-order valence-electron chi connectivity index (χ2n) is 4.68. The van der Waals surface area contributed by atoms with Crippen LogP contribution in [0.25, 0.3) is 0 Å². The van der Waals surface area contributed by atoms with E-state index in [0.29, 0.717) is 36.5 Å². The third-order valence-electron chi connectivity index (χ3n) is 3.04. The fourth-order valence-corrected chi connectivity index (χ4v) is 2.74. The van der Waals surface area contributed by atoms with Gasteiger partial charge in [-0.25, -0.2) is 0 Å². The molecule has 3 amide bonds. The third-order valence-corrected chi connectivity index (χ3v) is 3.92. The van der Waals surface area contributed by atoms with Crippen molar-refractivity contribution in [1.29, 1.82) is 0 Å². The van der Waals surface area contributed by atoms with Crippen LogP contribution >= 0.6 is 11.8 Å². The van der Waals surface area contributed by atoms with E-state index in [2.05, 4.69) is 5.32 Å². The summed E-state index contributed by atoms with van der Waals surface area (Å²) >= 11 is 1.15. The molecule has 1 aliphatic rings. The summed E-state index contributed by atoms with van der Waals surface area (Å²) in [6.45, 7) is 0.291. The number of anilines is 2. The van der Waals surface area contributed by atoms with Crippen molar-refractivity contribution in [1.82, 2.24) is 4.90 Å². The highest BCUT2D eigenvalue weighted by Crippen LogP contribution is 2.19. The zero-order valence-corrected chi connectivity index (χ0v) is 12.3. The number of thioether (sulfide) groups is 1. The van der Waals surface area contributed by atoms with Crippen molar-refractivity contribution in [3.63, 3.8) is 0 Å². The minimum absolute atomic E-state index is 0.149. The molecule has 0 atom stereocenters. The molecular weight excluding hydrogens is 290 g/mol. The first-order chi connectivity index (χ1) is 10.1. The van der Waals surface area contributed by atoms with Crippen LogP contribution in [0.4, 0.5) is 16.2 Å². The molecule has 0 radical (unpaired) electrons. The number of hydrogen-bond acceptors (Lipinski definition) is 5. The van der Waals surface area contributed by atoms with Gasteiger partial charge in [0.1, 0.15) is 0 Å². The van der Waals surface area contributed by atoms with Crippen LogP contribution < -0.4 is 11.1 Å². The average molecular weight is 307 g/mol. The summed E-state index contributed by atoms with van der Waals surface area (Å²) in [4.78, 5) is 36.1. The molecule has 1 aromatic carbocycles. The van der Waals surface area contributed by atoms with Gasteiger partial charge in [0.15, 0.2) is 0 Å². The van der Waals surface area contributed by atoms with Crippen LogP contribution in [0.3, 0.4) is 0 Å². The summed E-state index contributed by atoms with van der Waals surface area (Å²) < 4.78 is 0. The molecule has 0 saturated carbocycles. The maximum atomic E-state index is 11.8. The Morgan fingerprint density at radius 2 is 2.00 bits per heavy atom. The lowest BCUT2D eigenvalue weighted by molar-refractivity contribution is -0.128. The van der Waals surface area contributed by atoms with Gasteiger partial charge in [0.2, 0.25) is 11.8 Å². The molecule has 0 aromatic heterocycles. The number of carbonyl (C=O) groups excluding carboxylic acids is 3. The van der Waals surface area contributed by atoms with Gasteiger partial charge < -0.3 is 11.1 Å². The lowest BCUT2D eigenvalue weighted by Crippen LogP contribution is -2.39. The Balaban J connectivity index is 1.75. The number of imide groups is 1. The Labute approximate surface area is 127 Å². The summed E-state index contributed by atoms with van der Waals surface area (Å²) in [6, 6.07) is 6.86. The predicted molar refractivity (Wildman–Crippen MR) is 82.9 cm³/mol. The molecule has 0 unspecified atom stereocenters. The average Bonchev–Trinajstić information content (AvgIpc) is 2.45. The Morgan fingerprint density at radius 1 is 1.29 bits per heavy atom. The minimum atomic E-state index is -0.217. The van der Waals surface area contributed by atoms with Crippen LogP contribution in [0.5, 0.6) is 0 Å².